The zero-order valence-electron chi connectivity index (χ0n) is 13.1. The van der Waals surface area contributed by atoms with E-state index < -0.39 is 12.1 Å². The topological polar surface area (TPSA) is 70.0 Å². The fourth-order valence-electron chi connectivity index (χ4n) is 3.46. The molecule has 1 saturated heterocycles. The molecule has 2 aliphatic heterocycles. The Kier molecular flexibility index (Phi) is 4.10. The SMILES string of the molecule is Cc1cc2c(cc1C)C(O)C(N1CCCC(C(=O)O)C1)CO2. The minimum Gasteiger partial charge on any atom is -0.491 e. The van der Waals surface area contributed by atoms with Crippen molar-refractivity contribution in [3.63, 3.8) is 0 Å². The fraction of sp³-hybridized carbons (Fsp3) is 0.588. The molecule has 0 radical (unpaired) electrons. The maximum atomic E-state index is 11.2. The van der Waals surface area contributed by atoms with Crippen molar-refractivity contribution in [1.82, 2.24) is 4.90 Å². The number of carboxylic acids is 1. The molecular weight excluding hydrogens is 282 g/mol. The van der Waals surface area contributed by atoms with Gasteiger partial charge in [-0.25, -0.2) is 0 Å². The number of ether oxygens (including phenoxy) is 1. The predicted molar refractivity (Wildman–Crippen MR) is 82.1 cm³/mol. The van der Waals surface area contributed by atoms with Crippen LogP contribution >= 0.6 is 0 Å². The quantitative estimate of drug-likeness (QED) is 0.873. The van der Waals surface area contributed by atoms with Gasteiger partial charge in [-0.05, 0) is 56.5 Å². The Morgan fingerprint density at radius 1 is 1.32 bits per heavy atom. The van der Waals surface area contributed by atoms with Crippen LogP contribution in [0.2, 0.25) is 0 Å². The summed E-state index contributed by atoms with van der Waals surface area (Å²) in [5, 5.41) is 20.0. The van der Waals surface area contributed by atoms with Crippen molar-refractivity contribution in [3.8, 4) is 5.75 Å². The number of hydrogen-bond donors (Lipinski definition) is 2. The van der Waals surface area contributed by atoms with Crippen LogP contribution < -0.4 is 4.74 Å². The van der Waals surface area contributed by atoms with Gasteiger partial charge in [-0.1, -0.05) is 0 Å². The van der Waals surface area contributed by atoms with Crippen molar-refractivity contribution in [1.29, 1.82) is 0 Å². The van der Waals surface area contributed by atoms with E-state index in [1.54, 1.807) is 0 Å². The van der Waals surface area contributed by atoms with Crippen LogP contribution in [0.1, 0.15) is 35.6 Å². The number of nitrogens with zero attached hydrogens (tertiary/aromatic N) is 1. The first-order valence-corrected chi connectivity index (χ1v) is 7.86. The lowest BCUT2D eigenvalue weighted by Crippen LogP contribution is -2.51. The van der Waals surface area contributed by atoms with E-state index in [-0.39, 0.29) is 12.0 Å². The van der Waals surface area contributed by atoms with Gasteiger partial charge in [-0.15, -0.1) is 0 Å². The van der Waals surface area contributed by atoms with Gasteiger partial charge in [0, 0.05) is 12.1 Å². The van der Waals surface area contributed by atoms with Crippen molar-refractivity contribution in [2.75, 3.05) is 19.7 Å². The number of hydrogen-bond acceptors (Lipinski definition) is 4. The van der Waals surface area contributed by atoms with Gasteiger partial charge in [-0.3, -0.25) is 9.69 Å². The first-order valence-electron chi connectivity index (χ1n) is 7.86. The molecule has 1 aromatic carbocycles. The van der Waals surface area contributed by atoms with Crippen LogP contribution in [0.15, 0.2) is 12.1 Å². The van der Waals surface area contributed by atoms with Crippen molar-refractivity contribution in [2.45, 2.75) is 38.8 Å². The number of aryl methyl sites for hydroxylation is 2. The summed E-state index contributed by atoms with van der Waals surface area (Å²) in [5.74, 6) is -0.344. The van der Waals surface area contributed by atoms with E-state index >= 15 is 0 Å². The van der Waals surface area contributed by atoms with Crippen molar-refractivity contribution in [3.05, 3.63) is 28.8 Å². The molecule has 3 unspecified atom stereocenters. The van der Waals surface area contributed by atoms with Gasteiger partial charge in [0.25, 0.3) is 0 Å². The van der Waals surface area contributed by atoms with Crippen LogP contribution in [0.25, 0.3) is 0 Å². The lowest BCUT2D eigenvalue weighted by atomic mass is 9.91. The zero-order chi connectivity index (χ0) is 15.9. The minimum absolute atomic E-state index is 0.170. The van der Waals surface area contributed by atoms with Crippen LogP contribution in [-0.4, -0.2) is 46.8 Å². The molecule has 1 fully saturated rings. The lowest BCUT2D eigenvalue weighted by Gasteiger charge is -2.41. The number of likely N-dealkylation sites (tertiary alicyclic amines) is 1. The predicted octanol–water partition coefficient (Wildman–Crippen LogP) is 1.89. The van der Waals surface area contributed by atoms with Crippen molar-refractivity contribution >= 4 is 5.97 Å². The third-order valence-electron chi connectivity index (χ3n) is 4.99. The maximum absolute atomic E-state index is 11.2. The van der Waals surface area contributed by atoms with E-state index in [0.29, 0.717) is 19.6 Å². The van der Waals surface area contributed by atoms with E-state index in [1.165, 1.54) is 0 Å². The Morgan fingerprint density at radius 3 is 2.77 bits per heavy atom. The standard InChI is InChI=1S/C17H23NO4/c1-10-6-13-15(7-11(10)2)22-9-14(16(13)19)18-5-3-4-12(8-18)17(20)21/h6-7,12,14,16,19H,3-5,8-9H2,1-2H3,(H,20,21). The first-order chi connectivity index (χ1) is 10.5. The second-order valence-corrected chi connectivity index (χ2v) is 6.47. The molecule has 1 aromatic rings. The highest BCUT2D eigenvalue weighted by Gasteiger charge is 2.37. The molecule has 22 heavy (non-hydrogen) atoms. The minimum atomic E-state index is -0.747. The van der Waals surface area contributed by atoms with Crippen LogP contribution in [0.3, 0.4) is 0 Å². The number of fused-ring (bicyclic) bond motifs is 1. The summed E-state index contributed by atoms with van der Waals surface area (Å²) in [6.07, 6.45) is 0.931. The molecule has 2 heterocycles. The summed E-state index contributed by atoms with van der Waals surface area (Å²) < 4.78 is 5.84. The molecule has 0 aromatic heterocycles. The Morgan fingerprint density at radius 2 is 2.05 bits per heavy atom. The van der Waals surface area contributed by atoms with Crippen molar-refractivity contribution < 1.29 is 19.7 Å². The van der Waals surface area contributed by atoms with Gasteiger partial charge >= 0.3 is 5.97 Å². The highest BCUT2D eigenvalue weighted by atomic mass is 16.5. The molecule has 0 aliphatic carbocycles. The average Bonchev–Trinajstić information content (AvgIpc) is 2.50. The molecule has 0 bridgehead atoms. The van der Waals surface area contributed by atoms with E-state index in [9.17, 15) is 15.0 Å². The monoisotopic (exact) mass is 305 g/mol. The third kappa shape index (κ3) is 2.71. The Hall–Kier alpha value is -1.59. The Labute approximate surface area is 130 Å². The van der Waals surface area contributed by atoms with E-state index in [4.69, 9.17) is 4.74 Å². The summed E-state index contributed by atoms with van der Waals surface area (Å²) in [6, 6.07) is 3.79. The lowest BCUT2D eigenvalue weighted by molar-refractivity contribution is -0.144. The van der Waals surface area contributed by atoms with Gasteiger partial charge in [0.1, 0.15) is 18.5 Å². The van der Waals surface area contributed by atoms with Crippen molar-refractivity contribution in [2.24, 2.45) is 5.92 Å². The van der Waals surface area contributed by atoms with Crippen LogP contribution in [-0.2, 0) is 4.79 Å². The number of aliphatic carboxylic acids is 1. The largest absolute Gasteiger partial charge is 0.491 e. The number of carbonyl (C=O) groups is 1. The number of benzene rings is 1. The molecule has 2 aliphatic rings. The zero-order valence-corrected chi connectivity index (χ0v) is 13.1. The summed E-state index contributed by atoms with van der Waals surface area (Å²) in [7, 11) is 0. The number of piperidine rings is 1. The molecule has 120 valence electrons. The second kappa shape index (κ2) is 5.89. The van der Waals surface area contributed by atoms with Crippen LogP contribution in [0.5, 0.6) is 5.75 Å². The third-order valence-corrected chi connectivity index (χ3v) is 4.99. The number of aliphatic hydroxyl groups excluding tert-OH is 1. The fourth-order valence-corrected chi connectivity index (χ4v) is 3.46. The maximum Gasteiger partial charge on any atom is 0.307 e. The van der Waals surface area contributed by atoms with E-state index in [2.05, 4.69) is 4.90 Å². The normalized spacial score (nSPS) is 28.8. The average molecular weight is 305 g/mol. The number of rotatable bonds is 2. The summed E-state index contributed by atoms with van der Waals surface area (Å²) in [6.45, 7) is 5.76. The Bertz CT molecular complexity index is 586. The first kappa shape index (κ1) is 15.3. The molecule has 5 nitrogen and oxygen atoms in total. The van der Waals surface area contributed by atoms with E-state index in [0.717, 1.165) is 35.4 Å². The number of aliphatic hydroxyl groups is 1. The smallest absolute Gasteiger partial charge is 0.307 e. The summed E-state index contributed by atoms with van der Waals surface area (Å²) in [4.78, 5) is 13.3. The highest BCUT2D eigenvalue weighted by molar-refractivity contribution is 5.70. The van der Waals surface area contributed by atoms with Crippen LogP contribution in [0.4, 0.5) is 0 Å². The Balaban J connectivity index is 1.81. The molecule has 0 amide bonds. The summed E-state index contributed by atoms with van der Waals surface area (Å²) in [5.41, 5.74) is 3.09. The van der Waals surface area contributed by atoms with Gasteiger partial charge in [0.05, 0.1) is 12.0 Å². The van der Waals surface area contributed by atoms with E-state index in [1.807, 2.05) is 26.0 Å². The molecule has 3 atom stereocenters. The second-order valence-electron chi connectivity index (χ2n) is 6.47. The van der Waals surface area contributed by atoms with Gasteiger partial charge in [-0.2, -0.15) is 0 Å². The molecule has 3 rings (SSSR count). The van der Waals surface area contributed by atoms with Gasteiger partial charge in [0.15, 0.2) is 0 Å². The molecular formula is C17H23NO4. The molecule has 0 saturated carbocycles. The van der Waals surface area contributed by atoms with Gasteiger partial charge < -0.3 is 14.9 Å². The molecule has 5 heteroatoms. The summed E-state index contributed by atoms with van der Waals surface area (Å²) >= 11 is 0. The number of carboxylic acid groups (broad SMARTS) is 1. The highest BCUT2D eigenvalue weighted by Crippen LogP contribution is 2.37. The molecule has 0 spiro atoms. The van der Waals surface area contributed by atoms with Gasteiger partial charge in [0.2, 0.25) is 0 Å². The molecule has 2 N–H and O–H groups in total. The van der Waals surface area contributed by atoms with Crippen LogP contribution in [0, 0.1) is 19.8 Å².